The molecule has 6 nitrogen and oxygen atoms in total. The molecule has 2 aromatic heterocycles. The molecule has 3 aromatic rings. The molecule has 1 fully saturated rings. The van der Waals surface area contributed by atoms with Gasteiger partial charge in [0.05, 0.1) is 17.1 Å². The number of rotatable bonds is 7. The first-order valence-corrected chi connectivity index (χ1v) is 10.4. The highest BCUT2D eigenvalue weighted by Gasteiger charge is 2.33. The van der Waals surface area contributed by atoms with Gasteiger partial charge in [0.25, 0.3) is 0 Å². The van der Waals surface area contributed by atoms with Crippen LogP contribution < -0.4 is 0 Å². The van der Waals surface area contributed by atoms with Gasteiger partial charge in [-0.25, -0.2) is 4.98 Å². The molecule has 0 saturated carbocycles. The number of hydrogen-bond acceptors (Lipinski definition) is 3. The first kappa shape index (κ1) is 18.7. The van der Waals surface area contributed by atoms with Gasteiger partial charge >= 0.3 is 0 Å². The van der Waals surface area contributed by atoms with E-state index in [4.69, 9.17) is 4.98 Å². The van der Waals surface area contributed by atoms with E-state index in [0.717, 1.165) is 50.2 Å². The lowest BCUT2D eigenvalue weighted by Crippen LogP contribution is -2.32. The Morgan fingerprint density at radius 2 is 2.11 bits per heavy atom. The van der Waals surface area contributed by atoms with Crippen LogP contribution in [0.25, 0.3) is 11.0 Å². The second-order valence-electron chi connectivity index (χ2n) is 8.08. The largest absolute Gasteiger partial charge is 0.333 e. The van der Waals surface area contributed by atoms with E-state index in [9.17, 15) is 4.79 Å². The van der Waals surface area contributed by atoms with Gasteiger partial charge in [0, 0.05) is 38.4 Å². The fourth-order valence-corrected chi connectivity index (χ4v) is 4.21. The van der Waals surface area contributed by atoms with E-state index in [0.29, 0.717) is 12.3 Å². The molecule has 1 aromatic carbocycles. The minimum atomic E-state index is 0.0864. The molecule has 1 amide bonds. The molecular weight excluding hydrogens is 350 g/mol. The molecule has 0 spiro atoms. The summed E-state index contributed by atoms with van der Waals surface area (Å²) in [5, 5.41) is 4.21. The molecule has 1 unspecified atom stereocenters. The number of fused-ring (bicyclic) bond motifs is 1. The number of nitrogens with zero attached hydrogens (tertiary/aromatic N) is 5. The zero-order valence-corrected chi connectivity index (χ0v) is 16.8. The molecule has 0 aliphatic carbocycles. The molecule has 148 valence electrons. The predicted molar refractivity (Wildman–Crippen MR) is 110 cm³/mol. The van der Waals surface area contributed by atoms with E-state index in [2.05, 4.69) is 46.6 Å². The molecule has 0 N–H and O–H groups in total. The Morgan fingerprint density at radius 3 is 2.89 bits per heavy atom. The Hall–Kier alpha value is -2.63. The lowest BCUT2D eigenvalue weighted by molar-refractivity contribution is -0.132. The molecule has 1 saturated heterocycles. The van der Waals surface area contributed by atoms with Crippen molar-refractivity contribution >= 4 is 16.9 Å². The first-order valence-electron chi connectivity index (χ1n) is 10.4. The summed E-state index contributed by atoms with van der Waals surface area (Å²) in [6.07, 6.45) is 7.12. The summed E-state index contributed by atoms with van der Waals surface area (Å²) in [6.45, 7) is 6.99. The van der Waals surface area contributed by atoms with Gasteiger partial charge in [-0.1, -0.05) is 26.0 Å². The number of likely N-dealkylation sites (tertiary alicyclic amines) is 1. The third-order valence-corrected chi connectivity index (χ3v) is 5.44. The molecule has 28 heavy (non-hydrogen) atoms. The summed E-state index contributed by atoms with van der Waals surface area (Å²) >= 11 is 0. The highest BCUT2D eigenvalue weighted by atomic mass is 16.2. The summed E-state index contributed by atoms with van der Waals surface area (Å²) in [5.74, 6) is 1.81. The van der Waals surface area contributed by atoms with Crippen LogP contribution in [-0.4, -0.2) is 36.7 Å². The number of para-hydroxylation sites is 2. The summed E-state index contributed by atoms with van der Waals surface area (Å²) in [7, 11) is 0. The molecule has 3 heterocycles. The van der Waals surface area contributed by atoms with Crippen LogP contribution in [0.4, 0.5) is 0 Å². The standard InChI is InChI=1S/C22H29N5O/c1-17(2)16-27-19-9-4-3-8-18(19)24-22(27)20-10-5-15-26(20)21(28)11-6-13-25-14-7-12-23-25/h3-4,7-9,12,14,17,20H,5-6,10-11,13,15-16H2,1-2H3. The van der Waals surface area contributed by atoms with Gasteiger partial charge < -0.3 is 9.47 Å². The zero-order chi connectivity index (χ0) is 19.5. The Bertz CT molecular complexity index is 928. The maximum Gasteiger partial charge on any atom is 0.223 e. The molecule has 1 aliphatic rings. The van der Waals surface area contributed by atoms with E-state index in [1.807, 2.05) is 23.0 Å². The van der Waals surface area contributed by atoms with Gasteiger partial charge in [-0.3, -0.25) is 9.48 Å². The van der Waals surface area contributed by atoms with Gasteiger partial charge in [-0.15, -0.1) is 0 Å². The topological polar surface area (TPSA) is 56.0 Å². The zero-order valence-electron chi connectivity index (χ0n) is 16.8. The minimum absolute atomic E-state index is 0.0864. The smallest absolute Gasteiger partial charge is 0.223 e. The van der Waals surface area contributed by atoms with Crippen molar-refractivity contribution in [2.75, 3.05) is 6.54 Å². The number of imidazole rings is 1. The van der Waals surface area contributed by atoms with E-state index in [1.54, 1.807) is 6.20 Å². The first-order chi connectivity index (χ1) is 13.6. The van der Waals surface area contributed by atoms with Crippen LogP contribution in [0.1, 0.15) is 51.4 Å². The average molecular weight is 380 g/mol. The Morgan fingerprint density at radius 1 is 1.25 bits per heavy atom. The van der Waals surface area contributed by atoms with E-state index < -0.39 is 0 Å². The van der Waals surface area contributed by atoms with Crippen molar-refractivity contribution in [3.05, 3.63) is 48.5 Å². The summed E-state index contributed by atoms with van der Waals surface area (Å²) in [4.78, 5) is 20.0. The molecule has 0 radical (unpaired) electrons. The monoisotopic (exact) mass is 379 g/mol. The van der Waals surface area contributed by atoms with Gasteiger partial charge in [0.2, 0.25) is 5.91 Å². The summed E-state index contributed by atoms with van der Waals surface area (Å²) in [6, 6.07) is 10.3. The number of amides is 1. The number of carbonyl (C=O) groups is 1. The van der Waals surface area contributed by atoms with Gasteiger partial charge in [-0.05, 0) is 43.4 Å². The van der Waals surface area contributed by atoms with Crippen molar-refractivity contribution in [1.29, 1.82) is 0 Å². The SMILES string of the molecule is CC(C)Cn1c(C2CCCN2C(=O)CCCn2cccn2)nc2ccccc21. The van der Waals surface area contributed by atoms with Crippen molar-refractivity contribution in [3.8, 4) is 0 Å². The van der Waals surface area contributed by atoms with E-state index in [1.165, 1.54) is 5.52 Å². The van der Waals surface area contributed by atoms with Crippen molar-refractivity contribution in [2.45, 2.75) is 58.7 Å². The van der Waals surface area contributed by atoms with Crippen LogP contribution in [-0.2, 0) is 17.9 Å². The quantitative estimate of drug-likeness (QED) is 0.623. The normalized spacial score (nSPS) is 17.1. The fraction of sp³-hybridized carbons (Fsp3) is 0.500. The van der Waals surface area contributed by atoms with Gasteiger partial charge in [0.15, 0.2) is 0 Å². The number of aromatic nitrogens is 4. The molecule has 1 atom stereocenters. The van der Waals surface area contributed by atoms with Crippen molar-refractivity contribution < 1.29 is 4.79 Å². The van der Waals surface area contributed by atoms with E-state index in [-0.39, 0.29) is 11.9 Å². The molecular formula is C22H29N5O. The maximum atomic E-state index is 13.0. The van der Waals surface area contributed by atoms with Crippen molar-refractivity contribution in [2.24, 2.45) is 5.92 Å². The number of carbonyl (C=O) groups excluding carboxylic acids is 1. The summed E-state index contributed by atoms with van der Waals surface area (Å²) in [5.41, 5.74) is 2.19. The summed E-state index contributed by atoms with van der Waals surface area (Å²) < 4.78 is 4.22. The number of aryl methyl sites for hydroxylation is 1. The second kappa shape index (κ2) is 8.17. The third kappa shape index (κ3) is 3.81. The van der Waals surface area contributed by atoms with Crippen LogP contribution in [0, 0.1) is 5.92 Å². The van der Waals surface area contributed by atoms with Crippen LogP contribution >= 0.6 is 0 Å². The minimum Gasteiger partial charge on any atom is -0.333 e. The average Bonchev–Trinajstić information content (AvgIpc) is 3.41. The highest BCUT2D eigenvalue weighted by molar-refractivity contribution is 5.78. The highest BCUT2D eigenvalue weighted by Crippen LogP contribution is 2.34. The van der Waals surface area contributed by atoms with Crippen LogP contribution in [0.2, 0.25) is 0 Å². The molecule has 1 aliphatic heterocycles. The fourth-order valence-electron chi connectivity index (χ4n) is 4.21. The number of hydrogen-bond donors (Lipinski definition) is 0. The van der Waals surface area contributed by atoms with Crippen LogP contribution in [0.3, 0.4) is 0 Å². The van der Waals surface area contributed by atoms with Crippen molar-refractivity contribution in [1.82, 2.24) is 24.2 Å². The lowest BCUT2D eigenvalue weighted by atomic mass is 10.1. The predicted octanol–water partition coefficient (Wildman–Crippen LogP) is 4.03. The van der Waals surface area contributed by atoms with Gasteiger partial charge in [0.1, 0.15) is 5.82 Å². The molecule has 0 bridgehead atoms. The Labute approximate surface area is 166 Å². The van der Waals surface area contributed by atoms with Crippen LogP contribution in [0.15, 0.2) is 42.7 Å². The Balaban J connectivity index is 1.53. The van der Waals surface area contributed by atoms with Crippen molar-refractivity contribution in [3.63, 3.8) is 0 Å². The maximum absolute atomic E-state index is 13.0. The third-order valence-electron chi connectivity index (χ3n) is 5.44. The van der Waals surface area contributed by atoms with Crippen LogP contribution in [0.5, 0.6) is 0 Å². The van der Waals surface area contributed by atoms with Gasteiger partial charge in [-0.2, -0.15) is 5.10 Å². The molecule has 6 heteroatoms. The molecule has 4 rings (SSSR count). The van der Waals surface area contributed by atoms with E-state index >= 15 is 0 Å². The number of benzene rings is 1. The Kier molecular flexibility index (Phi) is 5.46. The second-order valence-corrected chi connectivity index (χ2v) is 8.08. The lowest BCUT2D eigenvalue weighted by Gasteiger charge is -2.25.